The zero-order chi connectivity index (χ0) is 12.6. The largest absolute Gasteiger partial charge is 0.271 e. The minimum atomic E-state index is -0.497. The van der Waals surface area contributed by atoms with Gasteiger partial charge in [0.1, 0.15) is 11.6 Å². The number of rotatable bonds is 4. The van der Waals surface area contributed by atoms with Gasteiger partial charge in [-0.1, -0.05) is 19.9 Å². The number of nitrogens with one attached hydrogen (secondary N) is 1. The van der Waals surface area contributed by atoms with Crippen LogP contribution in [0.4, 0.5) is 8.78 Å². The summed E-state index contributed by atoms with van der Waals surface area (Å²) in [6.45, 7) is 4.28. The highest BCUT2D eigenvalue weighted by atomic mass is 19.1. The van der Waals surface area contributed by atoms with Gasteiger partial charge in [-0.05, 0) is 36.3 Å². The van der Waals surface area contributed by atoms with E-state index in [-0.39, 0.29) is 17.0 Å². The van der Waals surface area contributed by atoms with Crippen LogP contribution in [0.5, 0.6) is 0 Å². The zero-order valence-corrected chi connectivity index (χ0v) is 10.1. The summed E-state index contributed by atoms with van der Waals surface area (Å²) in [5.74, 6) is 4.88. The van der Waals surface area contributed by atoms with Crippen LogP contribution in [-0.4, -0.2) is 6.04 Å². The Morgan fingerprint density at radius 3 is 2.35 bits per heavy atom. The minimum Gasteiger partial charge on any atom is -0.271 e. The van der Waals surface area contributed by atoms with E-state index in [0.29, 0.717) is 12.3 Å². The van der Waals surface area contributed by atoms with E-state index in [2.05, 4.69) is 19.3 Å². The molecule has 4 heteroatoms. The van der Waals surface area contributed by atoms with E-state index >= 15 is 0 Å². The molecule has 3 N–H and O–H groups in total. The van der Waals surface area contributed by atoms with Crippen LogP contribution in [0.25, 0.3) is 0 Å². The fraction of sp³-hybridized carbons (Fsp3) is 0.538. The molecule has 1 fully saturated rings. The monoisotopic (exact) mass is 240 g/mol. The van der Waals surface area contributed by atoms with E-state index in [4.69, 9.17) is 5.84 Å². The summed E-state index contributed by atoms with van der Waals surface area (Å²) in [5.41, 5.74) is 3.03. The van der Waals surface area contributed by atoms with Crippen molar-refractivity contribution in [2.75, 3.05) is 0 Å². The molecule has 1 aromatic rings. The van der Waals surface area contributed by atoms with Crippen LogP contribution in [0.1, 0.15) is 25.8 Å². The molecular weight excluding hydrogens is 222 g/mol. The van der Waals surface area contributed by atoms with E-state index in [1.54, 1.807) is 0 Å². The third-order valence-corrected chi connectivity index (χ3v) is 3.78. The minimum absolute atomic E-state index is 0.0728. The molecule has 0 aromatic heterocycles. The fourth-order valence-electron chi connectivity index (χ4n) is 2.46. The number of hydrogen-bond acceptors (Lipinski definition) is 2. The number of nitrogens with two attached hydrogens (primary N) is 1. The van der Waals surface area contributed by atoms with Gasteiger partial charge in [-0.3, -0.25) is 11.3 Å². The van der Waals surface area contributed by atoms with Gasteiger partial charge in [-0.25, -0.2) is 8.78 Å². The number of hydrogen-bond donors (Lipinski definition) is 2. The molecule has 2 atom stereocenters. The Kier molecular flexibility index (Phi) is 3.19. The van der Waals surface area contributed by atoms with E-state index in [9.17, 15) is 8.78 Å². The average Bonchev–Trinajstić information content (AvgIpc) is 2.87. The molecule has 2 nitrogen and oxygen atoms in total. The van der Waals surface area contributed by atoms with Crippen LogP contribution >= 0.6 is 0 Å². The Hall–Kier alpha value is -1.00. The van der Waals surface area contributed by atoms with E-state index < -0.39 is 11.6 Å². The number of halogens is 2. The SMILES string of the molecule is CC1(C)CC1C(Cc1c(F)cccc1F)NN. The molecule has 0 saturated heterocycles. The van der Waals surface area contributed by atoms with Gasteiger partial charge in [0.15, 0.2) is 0 Å². The Balaban J connectivity index is 2.14. The van der Waals surface area contributed by atoms with E-state index in [1.165, 1.54) is 18.2 Å². The molecule has 1 aliphatic rings. The third kappa shape index (κ3) is 2.48. The highest BCUT2D eigenvalue weighted by Crippen LogP contribution is 2.53. The van der Waals surface area contributed by atoms with Crippen LogP contribution in [-0.2, 0) is 6.42 Å². The standard InChI is InChI=1S/C13H18F2N2/c1-13(2)7-9(13)12(17-16)6-8-10(14)4-3-5-11(8)15/h3-5,9,12,17H,6-7,16H2,1-2H3. The third-order valence-electron chi connectivity index (χ3n) is 3.78. The van der Waals surface area contributed by atoms with E-state index in [1.807, 2.05) is 0 Å². The maximum absolute atomic E-state index is 13.5. The molecule has 1 aliphatic carbocycles. The summed E-state index contributed by atoms with van der Waals surface area (Å²) in [6, 6.07) is 3.87. The Bertz CT molecular complexity index is 398. The molecule has 0 radical (unpaired) electrons. The van der Waals surface area contributed by atoms with Gasteiger partial charge in [-0.2, -0.15) is 0 Å². The Morgan fingerprint density at radius 2 is 1.94 bits per heavy atom. The van der Waals surface area contributed by atoms with Gasteiger partial charge in [0, 0.05) is 11.6 Å². The smallest absolute Gasteiger partial charge is 0.129 e. The molecule has 1 aromatic carbocycles. The first kappa shape index (κ1) is 12.5. The Labute approximate surface area is 100 Å². The Morgan fingerprint density at radius 1 is 1.41 bits per heavy atom. The van der Waals surface area contributed by atoms with Crippen molar-refractivity contribution in [3.05, 3.63) is 35.4 Å². The van der Waals surface area contributed by atoms with Gasteiger partial charge in [0.05, 0.1) is 0 Å². The summed E-state index contributed by atoms with van der Waals surface area (Å²) < 4.78 is 27.0. The highest BCUT2D eigenvalue weighted by molar-refractivity contribution is 5.22. The lowest BCUT2D eigenvalue weighted by molar-refractivity contribution is 0.397. The maximum atomic E-state index is 13.5. The van der Waals surface area contributed by atoms with Gasteiger partial charge in [0.2, 0.25) is 0 Å². The van der Waals surface area contributed by atoms with Crippen molar-refractivity contribution in [2.24, 2.45) is 17.2 Å². The van der Waals surface area contributed by atoms with E-state index in [0.717, 1.165) is 6.42 Å². The second-order valence-electron chi connectivity index (χ2n) is 5.48. The predicted octanol–water partition coefficient (Wildman–Crippen LogP) is 2.39. The predicted molar refractivity (Wildman–Crippen MR) is 63.1 cm³/mol. The summed E-state index contributed by atoms with van der Waals surface area (Å²) in [7, 11) is 0. The topological polar surface area (TPSA) is 38.0 Å². The second-order valence-corrected chi connectivity index (χ2v) is 5.48. The van der Waals surface area contributed by atoms with Crippen molar-refractivity contribution in [2.45, 2.75) is 32.7 Å². The molecule has 1 saturated carbocycles. The van der Waals surface area contributed by atoms with Crippen molar-refractivity contribution < 1.29 is 8.78 Å². The van der Waals surface area contributed by atoms with Gasteiger partial charge < -0.3 is 0 Å². The summed E-state index contributed by atoms with van der Waals surface area (Å²) in [6.07, 6.45) is 1.33. The molecular formula is C13H18F2N2. The number of benzene rings is 1. The summed E-state index contributed by atoms with van der Waals surface area (Å²) in [5, 5.41) is 0. The zero-order valence-electron chi connectivity index (χ0n) is 10.1. The highest BCUT2D eigenvalue weighted by Gasteiger charge is 2.49. The molecule has 17 heavy (non-hydrogen) atoms. The molecule has 0 aliphatic heterocycles. The van der Waals surface area contributed by atoms with Gasteiger partial charge >= 0.3 is 0 Å². The lowest BCUT2D eigenvalue weighted by Crippen LogP contribution is -2.40. The van der Waals surface area contributed by atoms with Crippen molar-refractivity contribution in [1.29, 1.82) is 0 Å². The van der Waals surface area contributed by atoms with Gasteiger partial charge in [0.25, 0.3) is 0 Å². The second kappa shape index (κ2) is 4.35. The van der Waals surface area contributed by atoms with Crippen molar-refractivity contribution in [3.63, 3.8) is 0 Å². The summed E-state index contributed by atoms with van der Waals surface area (Å²) >= 11 is 0. The van der Waals surface area contributed by atoms with Gasteiger partial charge in [-0.15, -0.1) is 0 Å². The van der Waals surface area contributed by atoms with Crippen LogP contribution in [0.2, 0.25) is 0 Å². The molecule has 94 valence electrons. The first-order chi connectivity index (χ1) is 7.95. The molecule has 2 rings (SSSR count). The lowest BCUT2D eigenvalue weighted by Gasteiger charge is -2.18. The van der Waals surface area contributed by atoms with Crippen molar-refractivity contribution in [3.8, 4) is 0 Å². The average molecular weight is 240 g/mol. The summed E-state index contributed by atoms with van der Waals surface area (Å²) in [4.78, 5) is 0. The molecule has 0 bridgehead atoms. The first-order valence-corrected chi connectivity index (χ1v) is 5.84. The normalized spacial score (nSPS) is 23.5. The van der Waals surface area contributed by atoms with Crippen molar-refractivity contribution >= 4 is 0 Å². The van der Waals surface area contributed by atoms with Crippen LogP contribution in [0, 0.1) is 23.0 Å². The fourth-order valence-corrected chi connectivity index (χ4v) is 2.46. The first-order valence-electron chi connectivity index (χ1n) is 5.84. The molecule has 0 heterocycles. The maximum Gasteiger partial charge on any atom is 0.129 e. The molecule has 2 unspecified atom stereocenters. The van der Waals surface area contributed by atoms with Crippen molar-refractivity contribution in [1.82, 2.24) is 5.43 Å². The quantitative estimate of drug-likeness (QED) is 0.626. The molecule has 0 spiro atoms. The van der Waals surface area contributed by atoms with Crippen LogP contribution < -0.4 is 11.3 Å². The number of hydrazine groups is 1. The van der Waals surface area contributed by atoms with Crippen LogP contribution in [0.3, 0.4) is 0 Å². The molecule has 0 amide bonds. The van der Waals surface area contributed by atoms with Crippen LogP contribution in [0.15, 0.2) is 18.2 Å². The lowest BCUT2D eigenvalue weighted by atomic mass is 9.97.